The number of rotatable bonds is 6. The maximum atomic E-state index is 5.63. The van der Waals surface area contributed by atoms with Gasteiger partial charge in [-0.05, 0) is 32.9 Å². The second-order valence-electron chi connectivity index (χ2n) is 3.87. The Bertz CT molecular complexity index is 95.2. The van der Waals surface area contributed by atoms with Crippen molar-refractivity contribution in [3.63, 3.8) is 0 Å². The van der Waals surface area contributed by atoms with Crippen LogP contribution in [-0.2, 0) is 8.85 Å². The van der Waals surface area contributed by atoms with Crippen molar-refractivity contribution >= 4 is 19.5 Å². The summed E-state index contributed by atoms with van der Waals surface area (Å²) in [4.78, 5) is 0. The Morgan fingerprint density at radius 1 is 0.750 bits per heavy atom. The molecule has 0 aliphatic heterocycles. The van der Waals surface area contributed by atoms with Crippen LogP contribution in [0.15, 0.2) is 0 Å². The van der Waals surface area contributed by atoms with E-state index < -0.39 is 0 Å². The lowest BCUT2D eigenvalue weighted by Crippen LogP contribution is -2.19. The molecule has 0 heterocycles. The lowest BCUT2D eigenvalue weighted by atomic mass is 10.5. The van der Waals surface area contributed by atoms with Crippen molar-refractivity contribution in [2.75, 3.05) is 0 Å². The summed E-state index contributed by atoms with van der Waals surface area (Å²) in [6, 6.07) is 0. The smallest absolute Gasteiger partial charge is 0.163 e. The van der Waals surface area contributed by atoms with Crippen LogP contribution in [0.25, 0.3) is 0 Å². The van der Waals surface area contributed by atoms with Gasteiger partial charge < -0.3 is 8.85 Å². The molecule has 0 aromatic rings. The molecule has 0 aromatic heterocycles. The largest absolute Gasteiger partial charge is 0.422 e. The molecule has 4 heteroatoms. The maximum Gasteiger partial charge on any atom is 0.163 e. The van der Waals surface area contributed by atoms with Gasteiger partial charge >= 0.3 is 0 Å². The van der Waals surface area contributed by atoms with E-state index in [4.69, 9.17) is 8.85 Å². The van der Waals surface area contributed by atoms with E-state index in [-0.39, 0.29) is 19.5 Å². The Hall–Kier alpha value is 0.354. The van der Waals surface area contributed by atoms with Gasteiger partial charge in [0.2, 0.25) is 0 Å². The van der Waals surface area contributed by atoms with Crippen molar-refractivity contribution in [3.8, 4) is 0 Å². The van der Waals surface area contributed by atoms with E-state index in [0.29, 0.717) is 12.2 Å². The van der Waals surface area contributed by atoms with Crippen molar-refractivity contribution in [1.29, 1.82) is 0 Å². The van der Waals surface area contributed by atoms with Gasteiger partial charge in [-0.3, -0.25) is 0 Å². The SMILES string of the molecule is CC(C)O[SiH2]C(C)[SiH2]OC(C)C. The summed E-state index contributed by atoms with van der Waals surface area (Å²) in [6.07, 6.45) is 0.819. The minimum atomic E-state index is -0.318. The Labute approximate surface area is 80.9 Å². The molecule has 0 N–H and O–H groups in total. The van der Waals surface area contributed by atoms with Crippen molar-refractivity contribution in [1.82, 2.24) is 0 Å². The third-order valence-corrected chi connectivity index (χ3v) is 5.70. The summed E-state index contributed by atoms with van der Waals surface area (Å²) in [6.45, 7) is 10.7. The Morgan fingerprint density at radius 3 is 1.33 bits per heavy atom. The third-order valence-electron chi connectivity index (χ3n) is 1.43. The molecule has 0 radical (unpaired) electrons. The summed E-state index contributed by atoms with van der Waals surface area (Å²) in [5.41, 5.74) is 0. The lowest BCUT2D eigenvalue weighted by molar-refractivity contribution is 0.242. The average molecular weight is 206 g/mol. The van der Waals surface area contributed by atoms with Crippen LogP contribution in [0.5, 0.6) is 0 Å². The third kappa shape index (κ3) is 8.45. The molecule has 2 nitrogen and oxygen atoms in total. The van der Waals surface area contributed by atoms with E-state index in [9.17, 15) is 0 Å². The Kier molecular flexibility index (Phi) is 7.03. The molecule has 0 bridgehead atoms. The molecule has 0 saturated heterocycles. The van der Waals surface area contributed by atoms with Crippen LogP contribution in [0, 0.1) is 0 Å². The first-order valence-corrected chi connectivity index (χ1v) is 7.54. The topological polar surface area (TPSA) is 18.5 Å². The molecule has 0 unspecified atom stereocenters. The first-order chi connectivity index (χ1) is 5.52. The molecule has 0 aromatic carbocycles. The normalized spacial score (nSPS) is 16.2. The number of hydrogen-bond donors (Lipinski definition) is 0. The predicted octanol–water partition coefficient (Wildman–Crippen LogP) is 0.770. The zero-order valence-electron chi connectivity index (χ0n) is 8.96. The Morgan fingerprint density at radius 2 is 1.08 bits per heavy atom. The second kappa shape index (κ2) is 6.83. The summed E-state index contributed by atoms with van der Waals surface area (Å²) in [5.74, 6) is 0. The Balaban J connectivity index is 3.27. The minimum absolute atomic E-state index is 0.318. The molecule has 0 aliphatic carbocycles. The number of hydrogen-bond acceptors (Lipinski definition) is 2. The highest BCUT2D eigenvalue weighted by Crippen LogP contribution is 2.02. The molecule has 0 amide bonds. The standard InChI is InChI=1S/C8H22O2Si2/c1-6(2)9-11-8(5)12-10-7(3)4/h6-8H,11-12H2,1-5H3. The fourth-order valence-corrected chi connectivity index (χ4v) is 3.39. The molecule has 0 atom stereocenters. The highest BCUT2D eigenvalue weighted by molar-refractivity contribution is 6.51. The predicted molar refractivity (Wildman–Crippen MR) is 59.0 cm³/mol. The molecular formula is C8H22O2Si2. The monoisotopic (exact) mass is 206 g/mol. The van der Waals surface area contributed by atoms with Crippen molar-refractivity contribution in [3.05, 3.63) is 0 Å². The van der Waals surface area contributed by atoms with Crippen molar-refractivity contribution in [2.24, 2.45) is 0 Å². The fourth-order valence-electron chi connectivity index (χ4n) is 0.762. The van der Waals surface area contributed by atoms with E-state index in [1.807, 2.05) is 0 Å². The van der Waals surface area contributed by atoms with Gasteiger partial charge in [-0.25, -0.2) is 0 Å². The first-order valence-electron chi connectivity index (χ1n) is 4.75. The molecule has 74 valence electrons. The van der Waals surface area contributed by atoms with E-state index in [2.05, 4.69) is 34.6 Å². The summed E-state index contributed by atoms with van der Waals surface area (Å²) < 4.78 is 11.3. The minimum Gasteiger partial charge on any atom is -0.422 e. The second-order valence-corrected chi connectivity index (χ2v) is 9.15. The summed E-state index contributed by atoms with van der Waals surface area (Å²) in [7, 11) is -0.636. The lowest BCUT2D eigenvalue weighted by Gasteiger charge is -2.14. The van der Waals surface area contributed by atoms with Crippen LogP contribution in [0.2, 0.25) is 5.16 Å². The van der Waals surface area contributed by atoms with Gasteiger partial charge in [0, 0.05) is 12.2 Å². The quantitative estimate of drug-likeness (QED) is 0.598. The van der Waals surface area contributed by atoms with Crippen LogP contribution in [-0.4, -0.2) is 31.7 Å². The highest BCUT2D eigenvalue weighted by atomic mass is 28.3. The fraction of sp³-hybridized carbons (Fsp3) is 1.00. The van der Waals surface area contributed by atoms with Crippen LogP contribution in [0.4, 0.5) is 0 Å². The van der Waals surface area contributed by atoms with Gasteiger partial charge in [0.15, 0.2) is 19.5 Å². The zero-order chi connectivity index (χ0) is 9.56. The first kappa shape index (κ1) is 12.4. The molecule has 0 spiro atoms. The highest BCUT2D eigenvalue weighted by Gasteiger charge is 2.07. The maximum absolute atomic E-state index is 5.63. The summed E-state index contributed by atoms with van der Waals surface area (Å²) >= 11 is 0. The molecule has 0 saturated carbocycles. The van der Waals surface area contributed by atoms with Gasteiger partial charge in [-0.2, -0.15) is 0 Å². The van der Waals surface area contributed by atoms with E-state index >= 15 is 0 Å². The summed E-state index contributed by atoms with van der Waals surface area (Å²) in [5, 5.41) is 0.773. The van der Waals surface area contributed by atoms with Crippen LogP contribution in [0.1, 0.15) is 34.6 Å². The van der Waals surface area contributed by atoms with Gasteiger partial charge in [0.1, 0.15) is 0 Å². The van der Waals surface area contributed by atoms with Crippen molar-refractivity contribution < 1.29 is 8.85 Å². The molecule has 0 fully saturated rings. The van der Waals surface area contributed by atoms with E-state index in [1.165, 1.54) is 0 Å². The van der Waals surface area contributed by atoms with E-state index in [0.717, 1.165) is 5.16 Å². The van der Waals surface area contributed by atoms with Gasteiger partial charge in [-0.15, -0.1) is 0 Å². The van der Waals surface area contributed by atoms with Gasteiger partial charge in [-0.1, -0.05) is 6.92 Å². The van der Waals surface area contributed by atoms with Gasteiger partial charge in [0.25, 0.3) is 0 Å². The molecule has 12 heavy (non-hydrogen) atoms. The van der Waals surface area contributed by atoms with Gasteiger partial charge in [0.05, 0.1) is 0 Å². The average Bonchev–Trinajstić information content (AvgIpc) is 1.96. The zero-order valence-corrected chi connectivity index (χ0v) is 11.8. The van der Waals surface area contributed by atoms with Crippen molar-refractivity contribution in [2.45, 2.75) is 52.0 Å². The molecular weight excluding hydrogens is 184 g/mol. The molecule has 0 aliphatic rings. The van der Waals surface area contributed by atoms with E-state index in [1.54, 1.807) is 0 Å². The molecule has 0 rings (SSSR count). The van der Waals surface area contributed by atoms with Crippen LogP contribution < -0.4 is 0 Å². The van der Waals surface area contributed by atoms with Crippen LogP contribution >= 0.6 is 0 Å². The van der Waals surface area contributed by atoms with Crippen LogP contribution in [0.3, 0.4) is 0 Å².